The van der Waals surface area contributed by atoms with E-state index in [-0.39, 0.29) is 12.0 Å². The lowest BCUT2D eigenvalue weighted by Gasteiger charge is -2.35. The zero-order valence-electron chi connectivity index (χ0n) is 13.1. The smallest absolute Gasteiger partial charge is 0.226 e. The SMILES string of the molecule is CCn1cnnc1C1CN(C(=O)C(C2CC2)C2CC2)CCO1. The summed E-state index contributed by atoms with van der Waals surface area (Å²) in [6.45, 7) is 4.81. The molecule has 2 heterocycles. The Balaban J connectivity index is 1.47. The Morgan fingerprint density at radius 3 is 2.73 bits per heavy atom. The number of rotatable bonds is 5. The van der Waals surface area contributed by atoms with E-state index in [1.54, 1.807) is 6.33 Å². The Labute approximate surface area is 130 Å². The zero-order valence-corrected chi connectivity index (χ0v) is 13.1. The first kappa shape index (κ1) is 14.2. The van der Waals surface area contributed by atoms with Crippen LogP contribution in [0.1, 0.15) is 44.5 Å². The van der Waals surface area contributed by atoms with Crippen LogP contribution in [0.2, 0.25) is 0 Å². The van der Waals surface area contributed by atoms with Crippen molar-refractivity contribution in [2.45, 2.75) is 45.3 Å². The van der Waals surface area contributed by atoms with E-state index in [0.717, 1.165) is 12.4 Å². The highest BCUT2D eigenvalue weighted by atomic mass is 16.5. The second kappa shape index (κ2) is 5.65. The number of morpholine rings is 1. The topological polar surface area (TPSA) is 60.2 Å². The molecule has 1 aromatic rings. The second-order valence-electron chi connectivity index (χ2n) is 6.82. The van der Waals surface area contributed by atoms with E-state index in [9.17, 15) is 4.79 Å². The Bertz CT molecular complexity index is 538. The van der Waals surface area contributed by atoms with Gasteiger partial charge in [0.25, 0.3) is 0 Å². The van der Waals surface area contributed by atoms with Gasteiger partial charge in [-0.25, -0.2) is 0 Å². The minimum absolute atomic E-state index is 0.140. The van der Waals surface area contributed by atoms with Crippen LogP contribution in [0.3, 0.4) is 0 Å². The maximum Gasteiger partial charge on any atom is 0.226 e. The number of ether oxygens (including phenoxy) is 1. The minimum Gasteiger partial charge on any atom is -0.366 e. The van der Waals surface area contributed by atoms with E-state index in [1.807, 2.05) is 9.47 Å². The van der Waals surface area contributed by atoms with Crippen LogP contribution in [-0.2, 0) is 16.1 Å². The third-order valence-electron chi connectivity index (χ3n) is 5.20. The fourth-order valence-electron chi connectivity index (χ4n) is 3.67. The molecule has 4 rings (SSSR count). The molecule has 0 bridgehead atoms. The predicted molar refractivity (Wildman–Crippen MR) is 79.9 cm³/mol. The molecule has 6 nitrogen and oxygen atoms in total. The van der Waals surface area contributed by atoms with Crippen LogP contribution in [0.25, 0.3) is 0 Å². The number of amides is 1. The summed E-state index contributed by atoms with van der Waals surface area (Å²) in [4.78, 5) is 15.0. The fourth-order valence-corrected chi connectivity index (χ4v) is 3.67. The molecule has 0 spiro atoms. The lowest BCUT2D eigenvalue weighted by molar-refractivity contribution is -0.145. The number of nitrogens with zero attached hydrogens (tertiary/aromatic N) is 4. The molecule has 1 unspecified atom stereocenters. The molecule has 1 saturated heterocycles. The number of carbonyl (C=O) groups excluding carboxylic acids is 1. The van der Waals surface area contributed by atoms with Crippen molar-refractivity contribution in [2.24, 2.45) is 17.8 Å². The number of carbonyl (C=O) groups is 1. The first-order valence-electron chi connectivity index (χ1n) is 8.56. The quantitative estimate of drug-likeness (QED) is 0.829. The van der Waals surface area contributed by atoms with Crippen LogP contribution in [0, 0.1) is 17.8 Å². The van der Waals surface area contributed by atoms with Crippen molar-refractivity contribution in [1.29, 1.82) is 0 Å². The molecule has 1 aliphatic heterocycles. The van der Waals surface area contributed by atoms with Gasteiger partial charge in [-0.2, -0.15) is 0 Å². The first-order chi connectivity index (χ1) is 10.8. The number of aryl methyl sites for hydroxylation is 1. The molecule has 1 aromatic heterocycles. The highest BCUT2D eigenvalue weighted by Crippen LogP contribution is 2.50. The van der Waals surface area contributed by atoms with E-state index in [1.165, 1.54) is 25.7 Å². The summed E-state index contributed by atoms with van der Waals surface area (Å²) in [6, 6.07) is 0. The van der Waals surface area contributed by atoms with Gasteiger partial charge in [0.1, 0.15) is 12.4 Å². The van der Waals surface area contributed by atoms with Gasteiger partial charge in [-0.05, 0) is 44.4 Å². The molecular weight excluding hydrogens is 280 g/mol. The van der Waals surface area contributed by atoms with Crippen molar-refractivity contribution >= 4 is 5.91 Å². The minimum atomic E-state index is -0.140. The third-order valence-corrected chi connectivity index (χ3v) is 5.20. The molecule has 3 aliphatic rings. The van der Waals surface area contributed by atoms with Crippen molar-refractivity contribution in [3.63, 3.8) is 0 Å². The normalized spacial score (nSPS) is 25.7. The Morgan fingerprint density at radius 1 is 1.36 bits per heavy atom. The van der Waals surface area contributed by atoms with Gasteiger partial charge in [0.15, 0.2) is 5.82 Å². The molecule has 6 heteroatoms. The largest absolute Gasteiger partial charge is 0.366 e. The molecule has 22 heavy (non-hydrogen) atoms. The molecule has 1 amide bonds. The van der Waals surface area contributed by atoms with E-state index < -0.39 is 0 Å². The molecule has 0 radical (unpaired) electrons. The van der Waals surface area contributed by atoms with Crippen LogP contribution in [-0.4, -0.2) is 45.3 Å². The highest BCUT2D eigenvalue weighted by Gasteiger charge is 2.47. The summed E-state index contributed by atoms with van der Waals surface area (Å²) >= 11 is 0. The van der Waals surface area contributed by atoms with Crippen LogP contribution in [0.5, 0.6) is 0 Å². The molecule has 0 aromatic carbocycles. The summed E-state index contributed by atoms with van der Waals surface area (Å²) in [5.74, 6) is 2.79. The van der Waals surface area contributed by atoms with Crippen molar-refractivity contribution in [1.82, 2.24) is 19.7 Å². The molecule has 1 atom stereocenters. The van der Waals surface area contributed by atoms with Gasteiger partial charge in [0.2, 0.25) is 5.91 Å². The number of hydrogen-bond donors (Lipinski definition) is 0. The molecule has 2 aliphatic carbocycles. The summed E-state index contributed by atoms with van der Waals surface area (Å²) in [5.41, 5.74) is 0. The fraction of sp³-hybridized carbons (Fsp3) is 0.812. The summed E-state index contributed by atoms with van der Waals surface area (Å²) in [5, 5.41) is 8.17. The van der Waals surface area contributed by atoms with Gasteiger partial charge in [0.05, 0.1) is 13.2 Å². The maximum atomic E-state index is 13.0. The number of hydrogen-bond acceptors (Lipinski definition) is 4. The molecule has 2 saturated carbocycles. The summed E-state index contributed by atoms with van der Waals surface area (Å²) in [6.07, 6.45) is 6.56. The van der Waals surface area contributed by atoms with Crippen LogP contribution < -0.4 is 0 Å². The molecule has 0 N–H and O–H groups in total. The summed E-state index contributed by atoms with van der Waals surface area (Å²) < 4.78 is 7.86. The van der Waals surface area contributed by atoms with E-state index >= 15 is 0 Å². The maximum absolute atomic E-state index is 13.0. The van der Waals surface area contributed by atoms with Gasteiger partial charge in [-0.3, -0.25) is 4.79 Å². The Morgan fingerprint density at radius 2 is 2.09 bits per heavy atom. The van der Waals surface area contributed by atoms with Crippen LogP contribution >= 0.6 is 0 Å². The highest BCUT2D eigenvalue weighted by molar-refractivity contribution is 5.80. The van der Waals surface area contributed by atoms with E-state index in [4.69, 9.17) is 4.74 Å². The molecule has 3 fully saturated rings. The van der Waals surface area contributed by atoms with Crippen molar-refractivity contribution in [2.75, 3.05) is 19.7 Å². The van der Waals surface area contributed by atoms with E-state index in [2.05, 4.69) is 17.1 Å². The van der Waals surface area contributed by atoms with Gasteiger partial charge in [-0.1, -0.05) is 0 Å². The summed E-state index contributed by atoms with van der Waals surface area (Å²) in [7, 11) is 0. The van der Waals surface area contributed by atoms with Gasteiger partial charge in [-0.15, -0.1) is 10.2 Å². The second-order valence-corrected chi connectivity index (χ2v) is 6.82. The average Bonchev–Trinajstić information content (AvgIpc) is 3.48. The third kappa shape index (κ3) is 2.64. The first-order valence-corrected chi connectivity index (χ1v) is 8.56. The van der Waals surface area contributed by atoms with E-state index in [0.29, 0.717) is 37.4 Å². The average molecular weight is 304 g/mol. The van der Waals surface area contributed by atoms with Gasteiger partial charge >= 0.3 is 0 Å². The molecular formula is C16H24N4O2. The van der Waals surface area contributed by atoms with Gasteiger partial charge < -0.3 is 14.2 Å². The lowest BCUT2D eigenvalue weighted by Crippen LogP contribution is -2.46. The van der Waals surface area contributed by atoms with Crippen molar-refractivity contribution < 1.29 is 9.53 Å². The standard InChI is InChI=1S/C16H24N4O2/c1-2-19-10-17-18-15(19)13-9-20(7-8-22-13)16(21)14(11-3-4-11)12-5-6-12/h10-14H,2-9H2,1H3. The predicted octanol–water partition coefficient (Wildman–Crippen LogP) is 1.63. The lowest BCUT2D eigenvalue weighted by atomic mass is 9.95. The monoisotopic (exact) mass is 304 g/mol. The van der Waals surface area contributed by atoms with Crippen LogP contribution in [0.4, 0.5) is 0 Å². The van der Waals surface area contributed by atoms with Crippen molar-refractivity contribution in [3.8, 4) is 0 Å². The Hall–Kier alpha value is -1.43. The van der Waals surface area contributed by atoms with Gasteiger partial charge in [0, 0.05) is 19.0 Å². The Kier molecular flexibility index (Phi) is 3.64. The van der Waals surface area contributed by atoms with Crippen molar-refractivity contribution in [3.05, 3.63) is 12.2 Å². The number of aromatic nitrogens is 3. The molecule has 120 valence electrons. The van der Waals surface area contributed by atoms with Crippen LogP contribution in [0.15, 0.2) is 6.33 Å². The zero-order chi connectivity index (χ0) is 15.1.